The topological polar surface area (TPSA) is 56.1 Å². The molecule has 2 rings (SSSR count). The maximum absolute atomic E-state index is 12.2. The molecule has 23 heavy (non-hydrogen) atoms. The molecule has 0 radical (unpaired) electrons. The zero-order valence-corrected chi connectivity index (χ0v) is 14.5. The Labute approximate surface area is 137 Å². The number of hydrogen-bond acceptors (Lipinski definition) is 3. The molecular formula is C18H25N3O2. The Morgan fingerprint density at radius 2 is 1.91 bits per heavy atom. The van der Waals surface area contributed by atoms with Crippen LogP contribution in [0.15, 0.2) is 24.3 Å². The number of benzene rings is 1. The fourth-order valence-corrected chi connectivity index (χ4v) is 2.54. The number of aromatic nitrogens is 2. The highest BCUT2D eigenvalue weighted by atomic mass is 16.5. The monoisotopic (exact) mass is 315 g/mol. The first kappa shape index (κ1) is 17.1. The van der Waals surface area contributed by atoms with Crippen LogP contribution in [0.25, 0.3) is 0 Å². The number of hydrogen-bond donors (Lipinski definition) is 1. The van der Waals surface area contributed by atoms with Crippen molar-refractivity contribution < 1.29 is 9.53 Å². The van der Waals surface area contributed by atoms with Gasteiger partial charge in [-0.3, -0.25) is 9.48 Å². The second kappa shape index (κ2) is 7.31. The van der Waals surface area contributed by atoms with Crippen molar-refractivity contribution in [2.24, 2.45) is 0 Å². The predicted octanol–water partition coefficient (Wildman–Crippen LogP) is 3.80. The summed E-state index contributed by atoms with van der Waals surface area (Å²) in [6.45, 7) is 10.7. The van der Waals surface area contributed by atoms with Gasteiger partial charge < -0.3 is 10.1 Å². The summed E-state index contributed by atoms with van der Waals surface area (Å²) in [5, 5.41) is 7.44. The molecule has 0 unspecified atom stereocenters. The normalized spacial score (nSPS) is 12.0. The molecule has 1 atom stereocenters. The smallest absolute Gasteiger partial charge is 0.226 e. The second-order valence-electron chi connectivity index (χ2n) is 5.80. The lowest BCUT2D eigenvalue weighted by Crippen LogP contribution is -2.19. The maximum Gasteiger partial charge on any atom is 0.226 e. The van der Waals surface area contributed by atoms with Crippen LogP contribution in [0.5, 0.6) is 5.75 Å². The third-order valence-corrected chi connectivity index (χ3v) is 4.03. The molecule has 124 valence electrons. The fourth-order valence-electron chi connectivity index (χ4n) is 2.54. The molecule has 1 N–H and O–H groups in total. The number of nitrogens with one attached hydrogen (secondary N) is 1. The Morgan fingerprint density at radius 3 is 2.43 bits per heavy atom. The summed E-state index contributed by atoms with van der Waals surface area (Å²) in [6, 6.07) is 7.42. The third kappa shape index (κ3) is 4.12. The number of amides is 1. The van der Waals surface area contributed by atoms with E-state index in [1.54, 1.807) is 0 Å². The Kier molecular flexibility index (Phi) is 5.42. The van der Waals surface area contributed by atoms with Gasteiger partial charge in [-0.1, -0.05) is 0 Å². The van der Waals surface area contributed by atoms with E-state index in [2.05, 4.69) is 17.3 Å². The molecule has 1 amide bonds. The summed E-state index contributed by atoms with van der Waals surface area (Å²) in [7, 11) is 0. The van der Waals surface area contributed by atoms with Crippen LogP contribution in [0.4, 0.5) is 5.69 Å². The molecule has 0 fully saturated rings. The van der Waals surface area contributed by atoms with E-state index in [1.807, 2.05) is 56.6 Å². The van der Waals surface area contributed by atoms with Gasteiger partial charge in [0.05, 0.1) is 18.3 Å². The first-order valence-corrected chi connectivity index (χ1v) is 7.97. The van der Waals surface area contributed by atoms with E-state index in [0.29, 0.717) is 13.0 Å². The highest BCUT2D eigenvalue weighted by Crippen LogP contribution is 2.20. The number of rotatable bonds is 6. The molecule has 5 heteroatoms. The van der Waals surface area contributed by atoms with Crippen LogP contribution >= 0.6 is 0 Å². The number of ether oxygens (including phenoxy) is 1. The summed E-state index contributed by atoms with van der Waals surface area (Å²) < 4.78 is 7.32. The third-order valence-electron chi connectivity index (χ3n) is 4.03. The van der Waals surface area contributed by atoms with E-state index >= 15 is 0 Å². The molecule has 2 aromatic rings. The van der Waals surface area contributed by atoms with Crippen molar-refractivity contribution in [3.8, 4) is 5.75 Å². The molecule has 1 heterocycles. The van der Waals surface area contributed by atoms with Crippen molar-refractivity contribution in [2.75, 3.05) is 11.9 Å². The van der Waals surface area contributed by atoms with Gasteiger partial charge in [0.25, 0.3) is 0 Å². The van der Waals surface area contributed by atoms with Crippen molar-refractivity contribution in [3.63, 3.8) is 0 Å². The van der Waals surface area contributed by atoms with Gasteiger partial charge in [-0.25, -0.2) is 0 Å². The van der Waals surface area contributed by atoms with Crippen LogP contribution in [0.2, 0.25) is 0 Å². The van der Waals surface area contributed by atoms with E-state index in [-0.39, 0.29) is 11.9 Å². The quantitative estimate of drug-likeness (QED) is 0.882. The largest absolute Gasteiger partial charge is 0.494 e. The average Bonchev–Trinajstić information content (AvgIpc) is 2.77. The Morgan fingerprint density at radius 1 is 1.26 bits per heavy atom. The molecule has 0 saturated carbocycles. The molecule has 1 aromatic heterocycles. The predicted molar refractivity (Wildman–Crippen MR) is 92.0 cm³/mol. The van der Waals surface area contributed by atoms with Crippen LogP contribution in [0.1, 0.15) is 43.3 Å². The SMILES string of the molecule is CCOc1ccc(NC(=O)C[C@@H](C)n2nc(C)c(C)c2C)cc1. The summed E-state index contributed by atoms with van der Waals surface area (Å²) in [5.74, 6) is 0.781. The van der Waals surface area contributed by atoms with Gasteiger partial charge >= 0.3 is 0 Å². The molecule has 1 aromatic carbocycles. The van der Waals surface area contributed by atoms with Crippen LogP contribution in [0, 0.1) is 20.8 Å². The number of anilines is 1. The van der Waals surface area contributed by atoms with Gasteiger partial charge in [-0.2, -0.15) is 5.10 Å². The molecular weight excluding hydrogens is 290 g/mol. The summed E-state index contributed by atoms with van der Waals surface area (Å²) in [5.41, 5.74) is 4.09. The van der Waals surface area contributed by atoms with Crippen molar-refractivity contribution >= 4 is 11.6 Å². The minimum absolute atomic E-state index is 0.0186. The van der Waals surface area contributed by atoms with Crippen molar-refractivity contribution in [2.45, 2.75) is 47.1 Å². The number of carbonyl (C=O) groups is 1. The zero-order valence-electron chi connectivity index (χ0n) is 14.5. The van der Waals surface area contributed by atoms with Gasteiger partial charge in [0.2, 0.25) is 5.91 Å². The molecule has 0 aliphatic heterocycles. The van der Waals surface area contributed by atoms with Crippen molar-refractivity contribution in [1.29, 1.82) is 0 Å². The fraction of sp³-hybridized carbons (Fsp3) is 0.444. The van der Waals surface area contributed by atoms with E-state index in [9.17, 15) is 4.79 Å². The first-order chi connectivity index (χ1) is 10.9. The van der Waals surface area contributed by atoms with Crippen LogP contribution in [0.3, 0.4) is 0 Å². The Bertz CT molecular complexity index is 674. The summed E-state index contributed by atoms with van der Waals surface area (Å²) in [6.07, 6.45) is 0.384. The van der Waals surface area contributed by atoms with Crippen LogP contribution in [-0.2, 0) is 4.79 Å². The van der Waals surface area contributed by atoms with Crippen LogP contribution < -0.4 is 10.1 Å². The van der Waals surface area contributed by atoms with Crippen LogP contribution in [-0.4, -0.2) is 22.3 Å². The number of carbonyl (C=O) groups excluding carboxylic acids is 1. The highest BCUT2D eigenvalue weighted by molar-refractivity contribution is 5.91. The molecule has 5 nitrogen and oxygen atoms in total. The lowest BCUT2D eigenvalue weighted by Gasteiger charge is -2.14. The zero-order chi connectivity index (χ0) is 17.0. The van der Waals surface area contributed by atoms with E-state index in [4.69, 9.17) is 4.74 Å². The lowest BCUT2D eigenvalue weighted by atomic mass is 10.2. The lowest BCUT2D eigenvalue weighted by molar-refractivity contribution is -0.116. The number of aryl methyl sites for hydroxylation is 1. The van der Waals surface area contributed by atoms with E-state index < -0.39 is 0 Å². The highest BCUT2D eigenvalue weighted by Gasteiger charge is 2.16. The van der Waals surface area contributed by atoms with E-state index in [1.165, 1.54) is 5.56 Å². The first-order valence-electron chi connectivity index (χ1n) is 7.97. The average molecular weight is 315 g/mol. The Balaban J connectivity index is 1.97. The maximum atomic E-state index is 12.2. The number of nitrogens with zero attached hydrogens (tertiary/aromatic N) is 2. The standard InChI is InChI=1S/C18H25N3O2/c1-6-23-17-9-7-16(8-10-17)19-18(22)11-12(2)21-15(5)13(3)14(4)20-21/h7-10,12H,6,11H2,1-5H3,(H,19,22)/t12-/m1/s1. The molecule has 0 aliphatic rings. The summed E-state index contributed by atoms with van der Waals surface area (Å²) in [4.78, 5) is 12.2. The minimum atomic E-state index is -0.0214. The molecule has 0 bridgehead atoms. The van der Waals surface area contributed by atoms with Gasteiger partial charge in [0.1, 0.15) is 5.75 Å². The summed E-state index contributed by atoms with van der Waals surface area (Å²) >= 11 is 0. The van der Waals surface area contributed by atoms with Crippen molar-refractivity contribution in [1.82, 2.24) is 9.78 Å². The molecule has 0 aliphatic carbocycles. The van der Waals surface area contributed by atoms with E-state index in [0.717, 1.165) is 22.8 Å². The van der Waals surface area contributed by atoms with Gasteiger partial charge in [0.15, 0.2) is 0 Å². The van der Waals surface area contributed by atoms with Gasteiger partial charge in [-0.05, 0) is 64.4 Å². The second-order valence-corrected chi connectivity index (χ2v) is 5.80. The molecule has 0 spiro atoms. The Hall–Kier alpha value is -2.30. The minimum Gasteiger partial charge on any atom is -0.494 e. The van der Waals surface area contributed by atoms with Crippen molar-refractivity contribution in [3.05, 3.63) is 41.2 Å². The molecule has 0 saturated heterocycles. The van der Waals surface area contributed by atoms with Gasteiger partial charge in [-0.15, -0.1) is 0 Å². The van der Waals surface area contributed by atoms with Gasteiger partial charge in [0, 0.05) is 17.8 Å².